The van der Waals surface area contributed by atoms with Crippen LogP contribution in [-0.2, 0) is 9.53 Å². The van der Waals surface area contributed by atoms with Crippen LogP contribution in [0.2, 0.25) is 0 Å². The summed E-state index contributed by atoms with van der Waals surface area (Å²) in [7, 11) is 0. The van der Waals surface area contributed by atoms with Gasteiger partial charge in [0, 0.05) is 26.0 Å². The second kappa shape index (κ2) is 5.83. The maximum absolute atomic E-state index is 11.7. The normalized spacial score (nSPS) is 18.3. The van der Waals surface area contributed by atoms with Gasteiger partial charge in [-0.05, 0) is 47.6 Å². The third kappa shape index (κ3) is 2.92. The fourth-order valence-electron chi connectivity index (χ4n) is 2.04. The Bertz CT molecular complexity index is 433. The summed E-state index contributed by atoms with van der Waals surface area (Å²) in [4.78, 5) is 15.9. The minimum atomic E-state index is -0.515. The quantitative estimate of drug-likeness (QED) is 0.795. The molecule has 0 unspecified atom stereocenters. The van der Waals surface area contributed by atoms with Crippen LogP contribution < -0.4 is 11.1 Å². The van der Waals surface area contributed by atoms with Crippen LogP contribution in [0.25, 0.3) is 0 Å². The van der Waals surface area contributed by atoms with Crippen molar-refractivity contribution in [2.24, 2.45) is 11.1 Å². The second-order valence-corrected chi connectivity index (χ2v) is 5.61. The molecule has 2 rings (SSSR count). The lowest BCUT2D eigenvalue weighted by Gasteiger charge is -2.34. The number of aromatic nitrogens is 1. The molecule has 1 aliphatic heterocycles. The topological polar surface area (TPSA) is 77.2 Å². The molecular formula is C12H16IN3O2. The van der Waals surface area contributed by atoms with E-state index in [1.165, 1.54) is 0 Å². The Balaban J connectivity index is 2.06. The lowest BCUT2D eigenvalue weighted by atomic mass is 9.79. The predicted octanol–water partition coefficient (Wildman–Crippen LogP) is 1.38. The van der Waals surface area contributed by atoms with E-state index in [2.05, 4.69) is 32.9 Å². The second-order valence-electron chi connectivity index (χ2n) is 4.44. The summed E-state index contributed by atoms with van der Waals surface area (Å²) >= 11 is 2.21. The van der Waals surface area contributed by atoms with Crippen LogP contribution >= 0.6 is 22.6 Å². The number of primary amides is 1. The Kier molecular flexibility index (Phi) is 4.39. The Hall–Kier alpha value is -0.890. The molecule has 0 spiro atoms. The van der Waals surface area contributed by atoms with Crippen molar-refractivity contribution in [1.82, 2.24) is 4.98 Å². The number of anilines is 1. The van der Waals surface area contributed by atoms with E-state index in [0.29, 0.717) is 32.6 Å². The van der Waals surface area contributed by atoms with Crippen LogP contribution in [0.3, 0.4) is 0 Å². The molecule has 6 heteroatoms. The first-order valence-corrected chi connectivity index (χ1v) is 6.94. The van der Waals surface area contributed by atoms with E-state index >= 15 is 0 Å². The zero-order chi connectivity index (χ0) is 13.0. The van der Waals surface area contributed by atoms with Crippen LogP contribution in [0.4, 0.5) is 5.82 Å². The van der Waals surface area contributed by atoms with Crippen molar-refractivity contribution in [2.75, 3.05) is 25.1 Å². The number of rotatable bonds is 4. The summed E-state index contributed by atoms with van der Waals surface area (Å²) in [5.41, 5.74) is 5.03. The fourth-order valence-corrected chi connectivity index (χ4v) is 2.58. The lowest BCUT2D eigenvalue weighted by molar-refractivity contribution is -0.132. The van der Waals surface area contributed by atoms with Gasteiger partial charge in [-0.15, -0.1) is 0 Å². The van der Waals surface area contributed by atoms with E-state index in [9.17, 15) is 4.79 Å². The highest BCUT2D eigenvalue weighted by Gasteiger charge is 2.38. The smallest absolute Gasteiger partial charge is 0.225 e. The first kappa shape index (κ1) is 13.5. The number of nitrogens with two attached hydrogens (primary N) is 1. The van der Waals surface area contributed by atoms with E-state index in [-0.39, 0.29) is 5.91 Å². The van der Waals surface area contributed by atoms with Crippen molar-refractivity contribution >= 4 is 34.3 Å². The number of carbonyl (C=O) groups is 1. The van der Waals surface area contributed by atoms with Gasteiger partial charge in [-0.1, -0.05) is 0 Å². The molecule has 0 aliphatic carbocycles. The lowest BCUT2D eigenvalue weighted by Crippen LogP contribution is -2.46. The Labute approximate surface area is 120 Å². The third-order valence-electron chi connectivity index (χ3n) is 3.33. The van der Waals surface area contributed by atoms with E-state index < -0.39 is 5.41 Å². The number of ether oxygens (including phenoxy) is 1. The van der Waals surface area contributed by atoms with Crippen molar-refractivity contribution < 1.29 is 9.53 Å². The van der Waals surface area contributed by atoms with Crippen molar-refractivity contribution in [3.63, 3.8) is 0 Å². The van der Waals surface area contributed by atoms with E-state index in [1.54, 1.807) is 6.20 Å². The van der Waals surface area contributed by atoms with Gasteiger partial charge in [-0.25, -0.2) is 4.98 Å². The molecule has 0 aromatic carbocycles. The Morgan fingerprint density at radius 2 is 2.28 bits per heavy atom. The highest BCUT2D eigenvalue weighted by Crippen LogP contribution is 2.30. The molecule has 0 bridgehead atoms. The molecule has 2 heterocycles. The summed E-state index contributed by atoms with van der Waals surface area (Å²) in [6.07, 6.45) is 3.06. The minimum absolute atomic E-state index is 0.260. The monoisotopic (exact) mass is 361 g/mol. The first-order valence-electron chi connectivity index (χ1n) is 5.86. The number of nitrogens with one attached hydrogen (secondary N) is 1. The molecule has 3 N–H and O–H groups in total. The Morgan fingerprint density at radius 3 is 2.89 bits per heavy atom. The average Bonchev–Trinajstić information content (AvgIpc) is 2.39. The molecule has 1 aromatic heterocycles. The number of nitrogens with zero attached hydrogens (tertiary/aromatic N) is 1. The molecule has 0 saturated carbocycles. The molecule has 5 nitrogen and oxygen atoms in total. The van der Waals surface area contributed by atoms with Gasteiger partial charge in [0.2, 0.25) is 5.91 Å². The van der Waals surface area contributed by atoms with Crippen molar-refractivity contribution in [3.05, 3.63) is 21.9 Å². The average molecular weight is 361 g/mol. The van der Waals surface area contributed by atoms with Gasteiger partial charge in [0.05, 0.1) is 8.99 Å². The number of amides is 1. The first-order chi connectivity index (χ1) is 8.64. The molecule has 18 heavy (non-hydrogen) atoms. The fraction of sp³-hybridized carbons (Fsp3) is 0.500. The van der Waals surface area contributed by atoms with E-state index in [1.807, 2.05) is 12.1 Å². The largest absolute Gasteiger partial charge is 0.381 e. The zero-order valence-corrected chi connectivity index (χ0v) is 12.1. The highest BCUT2D eigenvalue weighted by molar-refractivity contribution is 14.1. The van der Waals surface area contributed by atoms with Crippen LogP contribution in [-0.4, -0.2) is 30.6 Å². The standard InChI is InChI=1S/C12H16IN3O2/c13-9-2-1-5-15-10(9)16-8-12(11(14)17)3-6-18-7-4-12/h1-2,5H,3-4,6-8H2,(H2,14,17)(H,15,16). The molecule has 1 aliphatic rings. The summed E-state index contributed by atoms with van der Waals surface area (Å²) in [6.45, 7) is 1.69. The van der Waals surface area contributed by atoms with Gasteiger partial charge < -0.3 is 15.8 Å². The number of carbonyl (C=O) groups excluding carboxylic acids is 1. The summed E-state index contributed by atoms with van der Waals surface area (Å²) in [6, 6.07) is 3.85. The van der Waals surface area contributed by atoms with Crippen molar-refractivity contribution in [1.29, 1.82) is 0 Å². The van der Waals surface area contributed by atoms with Gasteiger partial charge in [0.1, 0.15) is 5.82 Å². The van der Waals surface area contributed by atoms with Gasteiger partial charge >= 0.3 is 0 Å². The molecule has 1 aromatic rings. The number of hydrogen-bond donors (Lipinski definition) is 2. The highest BCUT2D eigenvalue weighted by atomic mass is 127. The van der Waals surface area contributed by atoms with E-state index in [4.69, 9.17) is 10.5 Å². The van der Waals surface area contributed by atoms with Gasteiger partial charge in [-0.3, -0.25) is 4.79 Å². The van der Waals surface area contributed by atoms with Gasteiger partial charge in [-0.2, -0.15) is 0 Å². The van der Waals surface area contributed by atoms with Crippen LogP contribution in [0.15, 0.2) is 18.3 Å². The van der Waals surface area contributed by atoms with Gasteiger partial charge in [0.15, 0.2) is 0 Å². The van der Waals surface area contributed by atoms with Gasteiger partial charge in [0.25, 0.3) is 0 Å². The number of pyridine rings is 1. The maximum atomic E-state index is 11.7. The van der Waals surface area contributed by atoms with Crippen LogP contribution in [0, 0.1) is 8.99 Å². The van der Waals surface area contributed by atoms with Crippen molar-refractivity contribution in [3.8, 4) is 0 Å². The molecular weight excluding hydrogens is 345 g/mol. The number of hydrogen-bond acceptors (Lipinski definition) is 4. The molecule has 98 valence electrons. The van der Waals surface area contributed by atoms with E-state index in [0.717, 1.165) is 9.39 Å². The molecule has 1 saturated heterocycles. The SMILES string of the molecule is NC(=O)C1(CNc2ncccc2I)CCOCC1. The van der Waals surface area contributed by atoms with Crippen LogP contribution in [0.1, 0.15) is 12.8 Å². The molecule has 0 radical (unpaired) electrons. The molecule has 1 fully saturated rings. The maximum Gasteiger partial charge on any atom is 0.225 e. The summed E-state index contributed by atoms with van der Waals surface area (Å²) in [5.74, 6) is 0.537. The Morgan fingerprint density at radius 1 is 1.56 bits per heavy atom. The predicted molar refractivity (Wildman–Crippen MR) is 77.1 cm³/mol. The third-order valence-corrected chi connectivity index (χ3v) is 4.20. The summed E-state index contributed by atoms with van der Waals surface area (Å²) in [5, 5.41) is 3.23. The number of halogens is 1. The van der Waals surface area contributed by atoms with Crippen LogP contribution in [0.5, 0.6) is 0 Å². The zero-order valence-electron chi connectivity index (χ0n) is 9.99. The molecule has 0 atom stereocenters. The minimum Gasteiger partial charge on any atom is -0.381 e. The van der Waals surface area contributed by atoms with Crippen molar-refractivity contribution in [2.45, 2.75) is 12.8 Å². The summed E-state index contributed by atoms with van der Waals surface area (Å²) < 4.78 is 6.33. The molecule has 1 amide bonds.